The van der Waals surface area contributed by atoms with Gasteiger partial charge in [0.2, 0.25) is 6.29 Å². The summed E-state index contributed by atoms with van der Waals surface area (Å²) in [5.41, 5.74) is 1.25. The first kappa shape index (κ1) is 29.9. The lowest BCUT2D eigenvalue weighted by molar-refractivity contribution is -0.277. The van der Waals surface area contributed by atoms with Crippen molar-refractivity contribution in [1.82, 2.24) is 0 Å². The second-order valence-corrected chi connectivity index (χ2v) is 8.82. The standard InChI is InChI=1S/C26H36O12/c1-34-18-10-14(4-3-9-27)5-7-16(18)36-20(12-28)22(30)15-6-8-17(19(11-15)35-2)37-26-25(33)24(32)23(31)21(13-29)38-26/h5-8,10-11,20-33H,3-4,9,12-13H2,1-2H3/t20-,21-,22+,23-,24+,25-,26-/m1/s1. The molecule has 1 aliphatic rings. The average Bonchev–Trinajstić information content (AvgIpc) is 2.94. The van der Waals surface area contributed by atoms with Gasteiger partial charge in [-0.25, -0.2) is 0 Å². The Labute approximate surface area is 220 Å². The van der Waals surface area contributed by atoms with E-state index >= 15 is 0 Å². The minimum Gasteiger partial charge on any atom is -0.493 e. The zero-order valence-electron chi connectivity index (χ0n) is 21.2. The van der Waals surface area contributed by atoms with Gasteiger partial charge in [0, 0.05) is 6.61 Å². The average molecular weight is 541 g/mol. The van der Waals surface area contributed by atoms with Gasteiger partial charge < -0.3 is 59.4 Å². The highest BCUT2D eigenvalue weighted by molar-refractivity contribution is 5.45. The van der Waals surface area contributed by atoms with Crippen LogP contribution in [-0.2, 0) is 11.2 Å². The Hall–Kier alpha value is -2.68. The summed E-state index contributed by atoms with van der Waals surface area (Å²) in [5, 5.41) is 69.5. The minimum atomic E-state index is -1.61. The molecule has 0 aromatic heterocycles. The molecule has 7 atom stereocenters. The van der Waals surface area contributed by atoms with E-state index in [1.165, 1.54) is 32.4 Å². The Bertz CT molecular complexity index is 1020. The topological polar surface area (TPSA) is 188 Å². The van der Waals surface area contributed by atoms with Crippen LogP contribution in [0.4, 0.5) is 0 Å². The van der Waals surface area contributed by atoms with E-state index in [0.29, 0.717) is 29.9 Å². The molecule has 0 amide bonds. The third-order valence-electron chi connectivity index (χ3n) is 6.28. The summed E-state index contributed by atoms with van der Waals surface area (Å²) in [6.45, 7) is -1.07. The van der Waals surface area contributed by atoms with Crippen LogP contribution in [0, 0.1) is 0 Å². The first-order valence-electron chi connectivity index (χ1n) is 12.2. The Morgan fingerprint density at radius 2 is 1.53 bits per heavy atom. The fourth-order valence-corrected chi connectivity index (χ4v) is 4.08. The van der Waals surface area contributed by atoms with Crippen molar-refractivity contribution in [3.63, 3.8) is 0 Å². The van der Waals surface area contributed by atoms with Gasteiger partial charge in [-0.05, 0) is 48.2 Å². The van der Waals surface area contributed by atoms with Gasteiger partial charge in [-0.3, -0.25) is 0 Å². The maximum absolute atomic E-state index is 11.0. The number of benzene rings is 2. The summed E-state index contributed by atoms with van der Waals surface area (Å²) in [6, 6.07) is 9.62. The Kier molecular flexibility index (Phi) is 10.9. The van der Waals surface area contributed by atoms with E-state index in [0.717, 1.165) is 5.56 Å². The summed E-state index contributed by atoms with van der Waals surface area (Å²) in [7, 11) is 2.83. The number of hydrogen-bond acceptors (Lipinski definition) is 12. The third kappa shape index (κ3) is 6.84. The number of aliphatic hydroxyl groups is 7. The van der Waals surface area contributed by atoms with Crippen LogP contribution in [-0.4, -0.2) is 107 Å². The normalized spacial score (nSPS) is 24.9. The van der Waals surface area contributed by atoms with Crippen molar-refractivity contribution < 1.29 is 59.4 Å². The van der Waals surface area contributed by atoms with E-state index in [1.807, 2.05) is 6.07 Å². The molecule has 212 valence electrons. The van der Waals surface area contributed by atoms with Crippen LogP contribution >= 0.6 is 0 Å². The predicted octanol–water partition coefficient (Wildman–Crippen LogP) is -0.719. The van der Waals surface area contributed by atoms with E-state index in [4.69, 9.17) is 28.8 Å². The largest absolute Gasteiger partial charge is 0.493 e. The molecule has 0 radical (unpaired) electrons. The third-order valence-corrected chi connectivity index (χ3v) is 6.28. The highest BCUT2D eigenvalue weighted by atomic mass is 16.7. The molecule has 1 saturated heterocycles. The molecule has 7 N–H and O–H groups in total. The Morgan fingerprint density at radius 1 is 0.842 bits per heavy atom. The molecule has 1 fully saturated rings. The van der Waals surface area contributed by atoms with Crippen LogP contribution in [0.15, 0.2) is 36.4 Å². The predicted molar refractivity (Wildman–Crippen MR) is 132 cm³/mol. The zero-order valence-corrected chi connectivity index (χ0v) is 21.2. The zero-order chi connectivity index (χ0) is 27.8. The van der Waals surface area contributed by atoms with Crippen molar-refractivity contribution >= 4 is 0 Å². The van der Waals surface area contributed by atoms with Crippen molar-refractivity contribution in [2.75, 3.05) is 34.0 Å². The highest BCUT2D eigenvalue weighted by Gasteiger charge is 2.45. The lowest BCUT2D eigenvalue weighted by Gasteiger charge is -2.39. The fourth-order valence-electron chi connectivity index (χ4n) is 4.08. The lowest BCUT2D eigenvalue weighted by atomic mass is 9.99. The summed E-state index contributed by atoms with van der Waals surface area (Å²) < 4.78 is 27.6. The number of ether oxygens (including phenoxy) is 5. The molecule has 0 bridgehead atoms. The van der Waals surface area contributed by atoms with Gasteiger partial charge in [-0.15, -0.1) is 0 Å². The van der Waals surface area contributed by atoms with Gasteiger partial charge in [0.1, 0.15) is 30.5 Å². The van der Waals surface area contributed by atoms with Crippen molar-refractivity contribution in [2.45, 2.75) is 55.8 Å². The smallest absolute Gasteiger partial charge is 0.229 e. The molecule has 1 heterocycles. The molecule has 0 unspecified atom stereocenters. The molecule has 38 heavy (non-hydrogen) atoms. The van der Waals surface area contributed by atoms with Crippen LogP contribution in [0.3, 0.4) is 0 Å². The first-order chi connectivity index (χ1) is 18.3. The molecule has 2 aromatic carbocycles. The fraction of sp³-hybridized carbons (Fsp3) is 0.538. The van der Waals surface area contributed by atoms with Crippen molar-refractivity contribution in [1.29, 1.82) is 0 Å². The van der Waals surface area contributed by atoms with Gasteiger partial charge in [-0.2, -0.15) is 0 Å². The highest BCUT2D eigenvalue weighted by Crippen LogP contribution is 2.36. The van der Waals surface area contributed by atoms with Crippen molar-refractivity contribution in [2.24, 2.45) is 0 Å². The molecular weight excluding hydrogens is 504 g/mol. The summed E-state index contributed by atoms with van der Waals surface area (Å²) in [6.07, 6.45) is -8.44. The van der Waals surface area contributed by atoms with Gasteiger partial charge in [0.05, 0.1) is 27.4 Å². The molecule has 3 rings (SSSR count). The number of aryl methyl sites for hydroxylation is 1. The van der Waals surface area contributed by atoms with Crippen molar-refractivity contribution in [3.05, 3.63) is 47.5 Å². The van der Waals surface area contributed by atoms with E-state index < -0.39 is 56.1 Å². The van der Waals surface area contributed by atoms with E-state index in [-0.39, 0.29) is 18.1 Å². The molecule has 0 spiro atoms. The summed E-state index contributed by atoms with van der Waals surface area (Å²) in [4.78, 5) is 0. The molecular formula is C26H36O12. The maximum atomic E-state index is 11.0. The lowest BCUT2D eigenvalue weighted by Crippen LogP contribution is -2.60. The Balaban J connectivity index is 1.76. The van der Waals surface area contributed by atoms with Gasteiger partial charge in [0.25, 0.3) is 0 Å². The molecule has 12 heteroatoms. The van der Waals surface area contributed by atoms with E-state index in [2.05, 4.69) is 0 Å². The summed E-state index contributed by atoms with van der Waals surface area (Å²) in [5.74, 6) is 0.954. The Morgan fingerprint density at radius 3 is 2.16 bits per heavy atom. The van der Waals surface area contributed by atoms with Crippen LogP contribution in [0.25, 0.3) is 0 Å². The van der Waals surface area contributed by atoms with Gasteiger partial charge >= 0.3 is 0 Å². The first-order valence-corrected chi connectivity index (χ1v) is 12.2. The quantitative estimate of drug-likeness (QED) is 0.169. The van der Waals surface area contributed by atoms with Crippen LogP contribution < -0.4 is 18.9 Å². The second-order valence-electron chi connectivity index (χ2n) is 8.82. The van der Waals surface area contributed by atoms with E-state index in [9.17, 15) is 30.6 Å². The molecule has 12 nitrogen and oxygen atoms in total. The molecule has 1 aliphatic heterocycles. The number of hydrogen-bond donors (Lipinski definition) is 7. The maximum Gasteiger partial charge on any atom is 0.229 e. The molecule has 0 saturated carbocycles. The number of aliphatic hydroxyl groups excluding tert-OH is 7. The second kappa shape index (κ2) is 13.9. The SMILES string of the molecule is COc1cc([C@H](O)[C@@H](CO)Oc2ccc(CCCO)cc2OC)ccc1O[C@@H]1O[C@H](CO)[C@@H](O)[C@H](O)[C@H]1O. The number of methoxy groups -OCH3 is 2. The summed E-state index contributed by atoms with van der Waals surface area (Å²) >= 11 is 0. The van der Waals surface area contributed by atoms with E-state index in [1.54, 1.807) is 12.1 Å². The van der Waals surface area contributed by atoms with Gasteiger partial charge in [-0.1, -0.05) is 12.1 Å². The van der Waals surface area contributed by atoms with Crippen LogP contribution in [0.1, 0.15) is 23.7 Å². The van der Waals surface area contributed by atoms with Crippen LogP contribution in [0.2, 0.25) is 0 Å². The van der Waals surface area contributed by atoms with Gasteiger partial charge in [0.15, 0.2) is 29.1 Å². The number of rotatable bonds is 13. The monoisotopic (exact) mass is 540 g/mol. The molecule has 2 aromatic rings. The minimum absolute atomic E-state index is 0.0646. The van der Waals surface area contributed by atoms with Crippen molar-refractivity contribution in [3.8, 4) is 23.0 Å². The molecule has 0 aliphatic carbocycles. The van der Waals surface area contributed by atoms with Crippen LogP contribution in [0.5, 0.6) is 23.0 Å².